The van der Waals surface area contributed by atoms with Crippen LogP contribution in [0.3, 0.4) is 0 Å². The summed E-state index contributed by atoms with van der Waals surface area (Å²) >= 11 is 6.29. The Bertz CT molecular complexity index is 1700. The maximum Gasteiger partial charge on any atom is 0.339 e. The van der Waals surface area contributed by atoms with Gasteiger partial charge >= 0.3 is 10.1 Å². The predicted molar refractivity (Wildman–Crippen MR) is 149 cm³/mol. The van der Waals surface area contributed by atoms with Gasteiger partial charge in [-0.2, -0.15) is 8.42 Å². The van der Waals surface area contributed by atoms with Gasteiger partial charge in [-0.05, 0) is 66.6 Å². The number of nitrogens with zero attached hydrogens (tertiary/aromatic N) is 2. The third-order valence-corrected chi connectivity index (χ3v) is 8.74. The molecule has 0 radical (unpaired) electrons. The highest BCUT2D eigenvalue weighted by Gasteiger charge is 2.60. The normalized spacial score (nSPS) is 20.6. The smallest absolute Gasteiger partial charge is 0.339 e. The van der Waals surface area contributed by atoms with Crippen molar-refractivity contribution in [3.63, 3.8) is 0 Å². The highest BCUT2D eigenvalue weighted by Crippen LogP contribution is 2.48. The van der Waals surface area contributed by atoms with Gasteiger partial charge in [0.2, 0.25) is 5.91 Å². The zero-order valence-electron chi connectivity index (χ0n) is 21.2. The average molecular weight is 575 g/mol. The SMILES string of the molecule is Cc1c(Cl)cccc1N1C(=O)[C@@H]2[C@H](ON(c3ccccc3)[C@@H]2c2ccc(OS(=O)(=O)c3ccccc3)cc2)C1=O. The molecule has 4 aromatic carbocycles. The van der Waals surface area contributed by atoms with Gasteiger partial charge in [0.1, 0.15) is 16.6 Å². The van der Waals surface area contributed by atoms with Gasteiger partial charge in [-0.25, -0.2) is 9.96 Å². The molecule has 0 spiro atoms. The highest BCUT2D eigenvalue weighted by atomic mass is 35.5. The number of anilines is 2. The Labute approximate surface area is 236 Å². The first kappa shape index (κ1) is 26.1. The van der Waals surface area contributed by atoms with Crippen LogP contribution in [0, 0.1) is 12.8 Å². The summed E-state index contributed by atoms with van der Waals surface area (Å²) in [4.78, 5) is 34.8. The van der Waals surface area contributed by atoms with E-state index >= 15 is 0 Å². The molecule has 40 heavy (non-hydrogen) atoms. The summed E-state index contributed by atoms with van der Waals surface area (Å²) in [5.41, 5.74) is 2.34. The fourth-order valence-corrected chi connectivity index (χ4v) is 6.23. The standard InChI is InChI=1S/C30H23ClN2O6S/c1-19-24(31)13-8-14-25(19)32-29(34)26-27(33(38-28(26)30(32)35)21-9-4-2-5-10-21)20-15-17-22(18-16-20)39-40(36,37)23-11-6-3-7-12-23/h2-18,26-28H,1H3/t26-,27+,28-/m0/s1. The predicted octanol–water partition coefficient (Wildman–Crippen LogP) is 5.47. The molecule has 6 rings (SSSR count). The molecule has 2 saturated heterocycles. The van der Waals surface area contributed by atoms with Crippen LogP contribution in [0.4, 0.5) is 11.4 Å². The molecule has 2 aliphatic rings. The molecular weight excluding hydrogens is 552 g/mol. The van der Waals surface area contributed by atoms with Crippen LogP contribution in [0.25, 0.3) is 0 Å². The van der Waals surface area contributed by atoms with Gasteiger partial charge in [0.05, 0.1) is 17.4 Å². The Morgan fingerprint density at radius 1 is 0.800 bits per heavy atom. The summed E-state index contributed by atoms with van der Waals surface area (Å²) in [6.45, 7) is 1.75. The zero-order chi connectivity index (χ0) is 28.0. The lowest BCUT2D eigenvalue weighted by Crippen LogP contribution is -2.37. The van der Waals surface area contributed by atoms with E-state index in [4.69, 9.17) is 20.6 Å². The summed E-state index contributed by atoms with van der Waals surface area (Å²) in [5.74, 6) is -1.63. The molecule has 10 heteroatoms. The first-order chi connectivity index (χ1) is 19.3. The number of benzene rings is 4. The van der Waals surface area contributed by atoms with Gasteiger partial charge in [0, 0.05) is 5.02 Å². The molecule has 0 aliphatic carbocycles. The van der Waals surface area contributed by atoms with Crippen molar-refractivity contribution in [2.45, 2.75) is 24.0 Å². The second-order valence-electron chi connectivity index (χ2n) is 9.47. The van der Waals surface area contributed by atoms with Gasteiger partial charge in [-0.1, -0.05) is 66.2 Å². The van der Waals surface area contributed by atoms with E-state index in [0.29, 0.717) is 27.5 Å². The summed E-state index contributed by atoms with van der Waals surface area (Å²) in [7, 11) is -4.03. The van der Waals surface area contributed by atoms with Crippen LogP contribution in [0.2, 0.25) is 5.02 Å². The van der Waals surface area contributed by atoms with Crippen LogP contribution in [0.5, 0.6) is 5.75 Å². The number of carbonyl (C=O) groups excluding carboxylic acids is 2. The summed E-state index contributed by atoms with van der Waals surface area (Å²) in [6.07, 6.45) is -1.05. The molecule has 3 atom stereocenters. The lowest BCUT2D eigenvalue weighted by Gasteiger charge is -2.29. The van der Waals surface area contributed by atoms with Crippen molar-refractivity contribution in [2.24, 2.45) is 5.92 Å². The van der Waals surface area contributed by atoms with E-state index in [2.05, 4.69) is 0 Å². The van der Waals surface area contributed by atoms with Crippen LogP contribution < -0.4 is 14.1 Å². The van der Waals surface area contributed by atoms with Gasteiger partial charge in [0.25, 0.3) is 5.91 Å². The van der Waals surface area contributed by atoms with Crippen LogP contribution >= 0.6 is 11.6 Å². The fourth-order valence-electron chi connectivity index (χ4n) is 5.11. The highest BCUT2D eigenvalue weighted by molar-refractivity contribution is 7.87. The first-order valence-electron chi connectivity index (χ1n) is 12.5. The van der Waals surface area contributed by atoms with Crippen molar-refractivity contribution in [1.82, 2.24) is 0 Å². The second-order valence-corrected chi connectivity index (χ2v) is 11.4. The second kappa shape index (κ2) is 10.1. The Kier molecular flexibility index (Phi) is 6.58. The zero-order valence-corrected chi connectivity index (χ0v) is 22.7. The number of carbonyl (C=O) groups is 2. The summed E-state index contributed by atoms with van der Waals surface area (Å²) in [5, 5.41) is 2.02. The number of halogens is 1. The topological polar surface area (TPSA) is 93.2 Å². The Balaban J connectivity index is 1.36. The molecule has 0 N–H and O–H groups in total. The number of rotatable bonds is 6. The number of para-hydroxylation sites is 1. The summed E-state index contributed by atoms with van der Waals surface area (Å²) < 4.78 is 30.7. The maximum atomic E-state index is 13.9. The molecule has 0 bridgehead atoms. The number of hydrogen-bond acceptors (Lipinski definition) is 7. The van der Waals surface area contributed by atoms with Crippen molar-refractivity contribution in [2.75, 3.05) is 9.96 Å². The maximum absolute atomic E-state index is 13.9. The van der Waals surface area contributed by atoms with E-state index < -0.39 is 40.0 Å². The molecule has 0 aromatic heterocycles. The average Bonchev–Trinajstić information content (AvgIpc) is 3.47. The minimum atomic E-state index is -4.03. The van der Waals surface area contributed by atoms with Crippen LogP contribution in [-0.4, -0.2) is 26.3 Å². The summed E-state index contributed by atoms with van der Waals surface area (Å²) in [6, 6.07) is 27.8. The lowest BCUT2D eigenvalue weighted by molar-refractivity contribution is -0.126. The Morgan fingerprint density at radius 3 is 2.12 bits per heavy atom. The van der Waals surface area contributed by atoms with Crippen molar-refractivity contribution >= 4 is 44.9 Å². The molecular formula is C30H23ClN2O6S. The Morgan fingerprint density at radius 2 is 1.45 bits per heavy atom. The van der Waals surface area contributed by atoms with Crippen molar-refractivity contribution < 1.29 is 27.0 Å². The molecule has 8 nitrogen and oxygen atoms in total. The molecule has 202 valence electrons. The van der Waals surface area contributed by atoms with Gasteiger partial charge in [-0.15, -0.1) is 0 Å². The largest absolute Gasteiger partial charge is 0.379 e. The Hall–Kier alpha value is -4.18. The van der Waals surface area contributed by atoms with Crippen molar-refractivity contribution in [1.29, 1.82) is 0 Å². The number of fused-ring (bicyclic) bond motifs is 1. The van der Waals surface area contributed by atoms with E-state index in [0.717, 1.165) is 4.90 Å². The minimum absolute atomic E-state index is 0.0350. The van der Waals surface area contributed by atoms with Gasteiger partial charge in [-0.3, -0.25) is 14.4 Å². The van der Waals surface area contributed by atoms with Crippen LogP contribution in [0.1, 0.15) is 17.2 Å². The molecule has 0 unspecified atom stereocenters. The van der Waals surface area contributed by atoms with Crippen molar-refractivity contribution in [3.8, 4) is 5.75 Å². The van der Waals surface area contributed by atoms with Crippen LogP contribution in [0.15, 0.2) is 108 Å². The number of hydroxylamine groups is 1. The minimum Gasteiger partial charge on any atom is -0.379 e. The molecule has 0 saturated carbocycles. The number of imide groups is 1. The third kappa shape index (κ3) is 4.42. The number of hydrogen-bond donors (Lipinski definition) is 0. The van der Waals surface area contributed by atoms with Crippen LogP contribution in [-0.2, 0) is 24.5 Å². The fraction of sp³-hybridized carbons (Fsp3) is 0.133. The van der Waals surface area contributed by atoms with E-state index in [1.54, 1.807) is 60.5 Å². The molecule has 2 fully saturated rings. The van der Waals surface area contributed by atoms with Crippen molar-refractivity contribution in [3.05, 3.63) is 119 Å². The van der Waals surface area contributed by atoms with E-state index in [-0.39, 0.29) is 10.6 Å². The molecule has 2 heterocycles. The van der Waals surface area contributed by atoms with E-state index in [1.165, 1.54) is 24.3 Å². The molecule has 2 aliphatic heterocycles. The molecule has 2 amide bonds. The lowest BCUT2D eigenvalue weighted by atomic mass is 9.90. The first-order valence-corrected chi connectivity index (χ1v) is 14.3. The van der Waals surface area contributed by atoms with Gasteiger partial charge < -0.3 is 4.18 Å². The molecule has 4 aromatic rings. The third-order valence-electron chi connectivity index (χ3n) is 7.07. The van der Waals surface area contributed by atoms with E-state index in [1.807, 2.05) is 30.3 Å². The monoisotopic (exact) mass is 574 g/mol. The van der Waals surface area contributed by atoms with Gasteiger partial charge in [0.15, 0.2) is 6.10 Å². The quantitative estimate of drug-likeness (QED) is 0.223. The number of amides is 2. The van der Waals surface area contributed by atoms with E-state index in [9.17, 15) is 18.0 Å².